The number of aromatic nitrogens is 1. The van der Waals surface area contributed by atoms with E-state index in [2.05, 4.69) is 4.74 Å². The van der Waals surface area contributed by atoms with E-state index in [0.717, 1.165) is 10.8 Å². The molecule has 0 unspecified atom stereocenters. The highest BCUT2D eigenvalue weighted by molar-refractivity contribution is 5.85. The highest BCUT2D eigenvalue weighted by atomic mass is 19.4. The fourth-order valence-corrected chi connectivity index (χ4v) is 2.51. The van der Waals surface area contributed by atoms with E-state index in [0.29, 0.717) is 18.9 Å². The standard InChI is InChI=1S/C14H8F5NO4/c15-7-3-6-11(9(10(7)16)14(17,18)19)20(5-1-2-5)4-8(12(6)21)24-13(22)23/h3-5H,1-2H2,(H,22,23). The van der Waals surface area contributed by atoms with E-state index >= 15 is 0 Å². The highest BCUT2D eigenvalue weighted by Gasteiger charge is 2.41. The van der Waals surface area contributed by atoms with Crippen molar-refractivity contribution >= 4 is 17.1 Å². The minimum Gasteiger partial charge on any atom is -0.449 e. The molecule has 0 bridgehead atoms. The Balaban J connectivity index is 2.48. The van der Waals surface area contributed by atoms with Gasteiger partial charge < -0.3 is 14.4 Å². The van der Waals surface area contributed by atoms with Crippen molar-refractivity contribution in [1.29, 1.82) is 0 Å². The molecule has 1 heterocycles. The summed E-state index contributed by atoms with van der Waals surface area (Å²) in [6, 6.07) is -0.175. The van der Waals surface area contributed by atoms with E-state index in [1.807, 2.05) is 0 Å². The second-order valence-corrected chi connectivity index (χ2v) is 5.27. The van der Waals surface area contributed by atoms with Crippen LogP contribution in [0, 0.1) is 11.6 Å². The topological polar surface area (TPSA) is 68.5 Å². The third-order valence-electron chi connectivity index (χ3n) is 3.60. The maximum atomic E-state index is 13.8. The molecule has 128 valence electrons. The second-order valence-electron chi connectivity index (χ2n) is 5.27. The number of fused-ring (bicyclic) bond motifs is 1. The van der Waals surface area contributed by atoms with Crippen molar-refractivity contribution in [3.05, 3.63) is 39.7 Å². The van der Waals surface area contributed by atoms with E-state index in [4.69, 9.17) is 5.11 Å². The predicted octanol–water partition coefficient (Wildman–Crippen LogP) is 3.69. The number of rotatable bonds is 2. The molecule has 1 aromatic heterocycles. The van der Waals surface area contributed by atoms with E-state index < -0.39 is 57.7 Å². The van der Waals surface area contributed by atoms with Crippen LogP contribution in [-0.2, 0) is 6.18 Å². The Bertz CT molecular complexity index is 914. The molecule has 0 radical (unpaired) electrons. The number of ether oxygens (including phenoxy) is 1. The van der Waals surface area contributed by atoms with Crippen molar-refractivity contribution in [2.45, 2.75) is 25.1 Å². The lowest BCUT2D eigenvalue weighted by Crippen LogP contribution is -2.20. The Kier molecular flexibility index (Phi) is 3.50. The normalized spacial score (nSPS) is 14.9. The second kappa shape index (κ2) is 5.18. The molecule has 10 heteroatoms. The van der Waals surface area contributed by atoms with Crippen LogP contribution in [0.4, 0.5) is 26.7 Å². The van der Waals surface area contributed by atoms with Gasteiger partial charge in [-0.05, 0) is 18.9 Å². The molecule has 0 atom stereocenters. The molecule has 2 aromatic rings. The zero-order valence-corrected chi connectivity index (χ0v) is 11.7. The first-order valence-electron chi connectivity index (χ1n) is 6.66. The Hall–Kier alpha value is -2.65. The number of hydrogen-bond acceptors (Lipinski definition) is 3. The number of carboxylic acid groups (broad SMARTS) is 1. The van der Waals surface area contributed by atoms with Crippen molar-refractivity contribution in [1.82, 2.24) is 4.57 Å². The molecule has 5 nitrogen and oxygen atoms in total. The predicted molar refractivity (Wildman–Crippen MR) is 70.0 cm³/mol. The molecule has 0 amide bonds. The van der Waals surface area contributed by atoms with Gasteiger partial charge in [0.25, 0.3) is 0 Å². The Labute approximate surface area is 129 Å². The minimum absolute atomic E-state index is 0.315. The summed E-state index contributed by atoms with van der Waals surface area (Å²) in [5.74, 6) is -4.75. The molecule has 0 spiro atoms. The molecule has 1 aliphatic carbocycles. The highest BCUT2D eigenvalue weighted by Crippen LogP contribution is 2.43. The van der Waals surface area contributed by atoms with E-state index in [9.17, 15) is 31.5 Å². The number of alkyl halides is 3. The molecular formula is C14H8F5NO4. The fourth-order valence-electron chi connectivity index (χ4n) is 2.51. The third kappa shape index (κ3) is 2.57. The van der Waals surface area contributed by atoms with Crippen molar-refractivity contribution in [2.75, 3.05) is 0 Å². The molecule has 1 fully saturated rings. The Morgan fingerprint density at radius 1 is 1.29 bits per heavy atom. The minimum atomic E-state index is -5.25. The first kappa shape index (κ1) is 16.2. The summed E-state index contributed by atoms with van der Waals surface area (Å²) in [6.07, 6.45) is -5.43. The summed E-state index contributed by atoms with van der Waals surface area (Å²) in [5.41, 5.74) is -4.00. The van der Waals surface area contributed by atoms with E-state index in [-0.39, 0.29) is 0 Å². The van der Waals surface area contributed by atoms with Gasteiger partial charge >= 0.3 is 12.3 Å². The van der Waals surface area contributed by atoms with Gasteiger partial charge in [-0.1, -0.05) is 0 Å². The Morgan fingerprint density at radius 3 is 2.42 bits per heavy atom. The molecule has 24 heavy (non-hydrogen) atoms. The van der Waals surface area contributed by atoms with E-state index in [1.165, 1.54) is 0 Å². The lowest BCUT2D eigenvalue weighted by Gasteiger charge is -2.18. The number of pyridine rings is 1. The van der Waals surface area contributed by atoms with Crippen LogP contribution in [0.3, 0.4) is 0 Å². The van der Waals surface area contributed by atoms with Crippen LogP contribution >= 0.6 is 0 Å². The smallest absolute Gasteiger partial charge is 0.449 e. The number of hydrogen-bond donors (Lipinski definition) is 1. The first-order valence-corrected chi connectivity index (χ1v) is 6.66. The van der Waals surface area contributed by atoms with Crippen LogP contribution in [-0.4, -0.2) is 15.8 Å². The van der Waals surface area contributed by atoms with Gasteiger partial charge in [0.2, 0.25) is 5.43 Å². The van der Waals surface area contributed by atoms with Crippen LogP contribution < -0.4 is 10.2 Å². The summed E-state index contributed by atoms with van der Waals surface area (Å²) in [6.45, 7) is 0. The van der Waals surface area contributed by atoms with Gasteiger partial charge in [0.1, 0.15) is 5.56 Å². The Morgan fingerprint density at radius 2 is 1.92 bits per heavy atom. The fraction of sp³-hybridized carbons (Fsp3) is 0.286. The van der Waals surface area contributed by atoms with Crippen LogP contribution in [0.2, 0.25) is 0 Å². The summed E-state index contributed by atoms with van der Waals surface area (Å²) in [4.78, 5) is 22.8. The number of halogens is 5. The summed E-state index contributed by atoms with van der Waals surface area (Å²) < 4.78 is 72.2. The van der Waals surface area contributed by atoms with Crippen molar-refractivity contribution in [2.24, 2.45) is 0 Å². The molecule has 1 N–H and O–H groups in total. The summed E-state index contributed by atoms with van der Waals surface area (Å²) in [7, 11) is 0. The lowest BCUT2D eigenvalue weighted by molar-refractivity contribution is -0.139. The largest absolute Gasteiger partial charge is 0.511 e. The maximum absolute atomic E-state index is 13.8. The molecule has 1 saturated carbocycles. The van der Waals surface area contributed by atoms with Gasteiger partial charge in [-0.3, -0.25) is 4.79 Å². The van der Waals surface area contributed by atoms with Crippen LogP contribution in [0.1, 0.15) is 24.4 Å². The van der Waals surface area contributed by atoms with Crippen LogP contribution in [0.15, 0.2) is 17.1 Å². The third-order valence-corrected chi connectivity index (χ3v) is 3.60. The van der Waals surface area contributed by atoms with Crippen molar-refractivity contribution in [3.8, 4) is 5.75 Å². The van der Waals surface area contributed by atoms with Gasteiger partial charge in [0, 0.05) is 6.04 Å². The van der Waals surface area contributed by atoms with Crippen molar-refractivity contribution in [3.63, 3.8) is 0 Å². The lowest BCUT2D eigenvalue weighted by atomic mass is 10.1. The number of nitrogens with zero attached hydrogens (tertiary/aromatic N) is 1. The van der Waals surface area contributed by atoms with Gasteiger partial charge in [-0.25, -0.2) is 13.6 Å². The van der Waals surface area contributed by atoms with E-state index in [1.54, 1.807) is 0 Å². The molecule has 0 aliphatic heterocycles. The molecule has 0 saturated heterocycles. The molecular weight excluding hydrogens is 341 g/mol. The zero-order valence-electron chi connectivity index (χ0n) is 11.7. The quantitative estimate of drug-likeness (QED) is 0.663. The molecule has 1 aliphatic rings. The average molecular weight is 349 g/mol. The van der Waals surface area contributed by atoms with Crippen LogP contribution in [0.5, 0.6) is 5.75 Å². The molecule has 3 rings (SSSR count). The maximum Gasteiger partial charge on any atom is 0.511 e. The average Bonchev–Trinajstić information content (AvgIpc) is 3.26. The van der Waals surface area contributed by atoms with Crippen LogP contribution in [0.25, 0.3) is 10.9 Å². The summed E-state index contributed by atoms with van der Waals surface area (Å²) >= 11 is 0. The number of carbonyl (C=O) groups is 1. The molecule has 1 aromatic carbocycles. The van der Waals surface area contributed by atoms with Gasteiger partial charge in [0.15, 0.2) is 17.4 Å². The van der Waals surface area contributed by atoms with Gasteiger partial charge in [0.05, 0.1) is 17.1 Å². The first-order chi connectivity index (χ1) is 11.1. The SMILES string of the molecule is O=C(O)Oc1cn(C2CC2)c2c(C(F)(F)F)c(F)c(F)cc2c1=O. The van der Waals surface area contributed by atoms with Gasteiger partial charge in [-0.15, -0.1) is 0 Å². The zero-order chi connectivity index (χ0) is 17.8. The van der Waals surface area contributed by atoms with Crippen molar-refractivity contribution < 1.29 is 36.6 Å². The number of benzene rings is 1. The summed E-state index contributed by atoms with van der Waals surface area (Å²) in [5, 5.41) is 7.81. The monoisotopic (exact) mass is 349 g/mol. The van der Waals surface area contributed by atoms with Gasteiger partial charge in [-0.2, -0.15) is 13.2 Å².